The van der Waals surface area contributed by atoms with Gasteiger partial charge in [-0.1, -0.05) is 26.8 Å². The Hall–Kier alpha value is -1.05. The Labute approximate surface area is 96.6 Å². The van der Waals surface area contributed by atoms with E-state index in [1.165, 1.54) is 18.9 Å². The molecule has 1 aliphatic carbocycles. The van der Waals surface area contributed by atoms with Crippen LogP contribution in [0.3, 0.4) is 0 Å². The Bertz CT molecular complexity index is 375. The number of hydrogen-bond donors (Lipinski definition) is 0. The molecule has 2 heteroatoms. The fourth-order valence-electron chi connectivity index (χ4n) is 1.57. The van der Waals surface area contributed by atoms with Crippen LogP contribution in [0, 0.1) is 11.7 Å². The van der Waals surface area contributed by atoms with E-state index in [4.69, 9.17) is 4.74 Å². The molecule has 0 amide bonds. The summed E-state index contributed by atoms with van der Waals surface area (Å²) in [6.07, 6.45) is 2.45. The first kappa shape index (κ1) is 11.4. The van der Waals surface area contributed by atoms with E-state index in [2.05, 4.69) is 20.8 Å². The zero-order valence-electron chi connectivity index (χ0n) is 10.2. The minimum Gasteiger partial charge on any atom is -0.490 e. The first-order chi connectivity index (χ1) is 7.47. The fraction of sp³-hybridized carbons (Fsp3) is 0.571. The average molecular weight is 222 g/mol. The standard InChI is InChI=1S/C14H19FO/c1-14(2,3)11-6-7-12(15)13(8-11)16-9-10-4-5-10/h6-8,10H,4-5,9H2,1-3H3. The van der Waals surface area contributed by atoms with Crippen LogP contribution in [0.2, 0.25) is 0 Å². The highest BCUT2D eigenvalue weighted by atomic mass is 19.1. The lowest BCUT2D eigenvalue weighted by Gasteiger charge is -2.20. The maximum atomic E-state index is 13.5. The van der Waals surface area contributed by atoms with Gasteiger partial charge in [0.05, 0.1) is 6.61 Å². The van der Waals surface area contributed by atoms with E-state index < -0.39 is 0 Å². The van der Waals surface area contributed by atoms with Gasteiger partial charge in [0.25, 0.3) is 0 Å². The normalized spacial score (nSPS) is 16.2. The summed E-state index contributed by atoms with van der Waals surface area (Å²) in [5.41, 5.74) is 1.14. The van der Waals surface area contributed by atoms with E-state index in [1.54, 1.807) is 0 Å². The van der Waals surface area contributed by atoms with Gasteiger partial charge in [-0.15, -0.1) is 0 Å². The van der Waals surface area contributed by atoms with Crippen molar-refractivity contribution in [2.24, 2.45) is 5.92 Å². The molecule has 1 aromatic rings. The highest BCUT2D eigenvalue weighted by Gasteiger charge is 2.23. The van der Waals surface area contributed by atoms with Crippen LogP contribution in [-0.4, -0.2) is 6.61 Å². The highest BCUT2D eigenvalue weighted by Crippen LogP contribution is 2.32. The molecule has 0 bridgehead atoms. The quantitative estimate of drug-likeness (QED) is 0.753. The average Bonchev–Trinajstić information content (AvgIpc) is 2.98. The van der Waals surface area contributed by atoms with Gasteiger partial charge in [-0.2, -0.15) is 0 Å². The minimum absolute atomic E-state index is 0.0331. The summed E-state index contributed by atoms with van der Waals surface area (Å²) in [5.74, 6) is 0.797. The van der Waals surface area contributed by atoms with Crippen molar-refractivity contribution in [3.8, 4) is 5.75 Å². The predicted octanol–water partition coefficient (Wildman–Crippen LogP) is 3.91. The van der Waals surface area contributed by atoms with E-state index in [0.717, 1.165) is 5.56 Å². The maximum Gasteiger partial charge on any atom is 0.165 e. The van der Waals surface area contributed by atoms with Crippen molar-refractivity contribution >= 4 is 0 Å². The summed E-state index contributed by atoms with van der Waals surface area (Å²) in [5, 5.41) is 0. The van der Waals surface area contributed by atoms with Crippen molar-refractivity contribution in [1.82, 2.24) is 0 Å². The Kier molecular flexibility index (Phi) is 2.92. The zero-order valence-corrected chi connectivity index (χ0v) is 10.2. The topological polar surface area (TPSA) is 9.23 Å². The van der Waals surface area contributed by atoms with Crippen molar-refractivity contribution in [2.45, 2.75) is 39.0 Å². The highest BCUT2D eigenvalue weighted by molar-refractivity contribution is 5.34. The molecule has 0 radical (unpaired) electrons. The smallest absolute Gasteiger partial charge is 0.165 e. The summed E-state index contributed by atoms with van der Waals surface area (Å²) >= 11 is 0. The van der Waals surface area contributed by atoms with Crippen molar-refractivity contribution in [2.75, 3.05) is 6.61 Å². The second kappa shape index (κ2) is 4.08. The summed E-state index contributed by atoms with van der Waals surface area (Å²) in [4.78, 5) is 0. The molecule has 0 spiro atoms. The molecule has 0 N–H and O–H groups in total. The van der Waals surface area contributed by atoms with Gasteiger partial charge in [0.1, 0.15) is 0 Å². The second-order valence-electron chi connectivity index (χ2n) is 5.65. The molecule has 0 aromatic heterocycles. The summed E-state index contributed by atoms with van der Waals surface area (Å²) in [6, 6.07) is 5.17. The van der Waals surface area contributed by atoms with Crippen LogP contribution in [0.1, 0.15) is 39.2 Å². The molecular weight excluding hydrogens is 203 g/mol. The summed E-state index contributed by atoms with van der Waals surface area (Å²) in [6.45, 7) is 7.01. The predicted molar refractivity (Wildman–Crippen MR) is 63.3 cm³/mol. The molecule has 0 aliphatic heterocycles. The number of ether oxygens (including phenoxy) is 1. The van der Waals surface area contributed by atoms with Gasteiger partial charge >= 0.3 is 0 Å². The molecule has 1 saturated carbocycles. The molecule has 16 heavy (non-hydrogen) atoms. The second-order valence-corrected chi connectivity index (χ2v) is 5.65. The molecule has 1 nitrogen and oxygen atoms in total. The number of hydrogen-bond acceptors (Lipinski definition) is 1. The van der Waals surface area contributed by atoms with E-state index >= 15 is 0 Å². The molecule has 0 unspecified atom stereocenters. The molecule has 1 aliphatic rings. The Morgan fingerprint density at radius 2 is 2.00 bits per heavy atom. The van der Waals surface area contributed by atoms with Gasteiger partial charge in [0.2, 0.25) is 0 Å². The lowest BCUT2D eigenvalue weighted by molar-refractivity contribution is 0.284. The molecule has 0 saturated heterocycles. The fourth-order valence-corrected chi connectivity index (χ4v) is 1.57. The molecule has 2 rings (SSSR count). The van der Waals surface area contributed by atoms with Crippen LogP contribution >= 0.6 is 0 Å². The van der Waals surface area contributed by atoms with E-state index in [0.29, 0.717) is 18.3 Å². The number of benzene rings is 1. The number of rotatable bonds is 3. The minimum atomic E-state index is -0.256. The van der Waals surface area contributed by atoms with Gasteiger partial charge in [-0.25, -0.2) is 4.39 Å². The van der Waals surface area contributed by atoms with Crippen LogP contribution in [-0.2, 0) is 5.41 Å². The number of halogens is 1. The largest absolute Gasteiger partial charge is 0.490 e. The third-order valence-electron chi connectivity index (χ3n) is 2.97. The van der Waals surface area contributed by atoms with E-state index in [9.17, 15) is 4.39 Å². The van der Waals surface area contributed by atoms with Crippen molar-refractivity contribution < 1.29 is 9.13 Å². The summed E-state index contributed by atoms with van der Waals surface area (Å²) in [7, 11) is 0. The first-order valence-electron chi connectivity index (χ1n) is 5.89. The molecule has 1 fully saturated rings. The van der Waals surface area contributed by atoms with Crippen molar-refractivity contribution in [1.29, 1.82) is 0 Å². The lowest BCUT2D eigenvalue weighted by Crippen LogP contribution is -2.12. The SMILES string of the molecule is CC(C)(C)c1ccc(F)c(OCC2CC2)c1. The van der Waals surface area contributed by atoms with Gasteiger partial charge in [0.15, 0.2) is 11.6 Å². The summed E-state index contributed by atoms with van der Waals surface area (Å²) < 4.78 is 19.0. The molecule has 0 heterocycles. The Morgan fingerprint density at radius 3 is 2.56 bits per heavy atom. The maximum absolute atomic E-state index is 13.5. The monoisotopic (exact) mass is 222 g/mol. The third-order valence-corrected chi connectivity index (χ3v) is 2.97. The van der Waals surface area contributed by atoms with Gasteiger partial charge in [-0.05, 0) is 41.9 Å². The van der Waals surface area contributed by atoms with Crippen molar-refractivity contribution in [3.63, 3.8) is 0 Å². The van der Waals surface area contributed by atoms with Crippen LogP contribution in [0.25, 0.3) is 0 Å². The van der Waals surface area contributed by atoms with Crippen LogP contribution < -0.4 is 4.74 Å². The lowest BCUT2D eigenvalue weighted by atomic mass is 9.87. The van der Waals surface area contributed by atoms with Crippen LogP contribution in [0.4, 0.5) is 4.39 Å². The zero-order chi connectivity index (χ0) is 11.8. The van der Waals surface area contributed by atoms with Crippen molar-refractivity contribution in [3.05, 3.63) is 29.6 Å². The van der Waals surface area contributed by atoms with E-state index in [1.807, 2.05) is 12.1 Å². The van der Waals surface area contributed by atoms with Gasteiger partial charge in [-0.3, -0.25) is 0 Å². The van der Waals surface area contributed by atoms with Crippen LogP contribution in [0.15, 0.2) is 18.2 Å². The van der Waals surface area contributed by atoms with Crippen LogP contribution in [0.5, 0.6) is 5.75 Å². The molecule has 1 aromatic carbocycles. The van der Waals surface area contributed by atoms with E-state index in [-0.39, 0.29) is 11.2 Å². The van der Waals surface area contributed by atoms with Gasteiger partial charge in [0, 0.05) is 0 Å². The third kappa shape index (κ3) is 2.75. The molecular formula is C14H19FO. The Balaban J connectivity index is 2.14. The first-order valence-corrected chi connectivity index (χ1v) is 5.89. The van der Waals surface area contributed by atoms with Gasteiger partial charge < -0.3 is 4.74 Å². The Morgan fingerprint density at radius 1 is 1.31 bits per heavy atom. The molecule has 0 atom stereocenters. The molecule has 88 valence electrons.